The van der Waals surface area contributed by atoms with Gasteiger partial charge < -0.3 is 20.0 Å². The van der Waals surface area contributed by atoms with Crippen molar-refractivity contribution in [3.63, 3.8) is 0 Å². The maximum absolute atomic E-state index is 12.6. The Labute approximate surface area is 241 Å². The maximum atomic E-state index is 12.6. The standard InChI is InChI=1S/C31H29N5O4S/c1-2-38-19-20-39-26-17-15-22(16-18-26)21-7-9-23(10-8-21)29-34-35-30(41-29)24-11-13-25(14-12-24)31(37)40-36(33)28-6-4-3-5-27(28)32/h3-18H,2,19-20,32-33H2,1H3. The first-order chi connectivity index (χ1) is 20.0. The summed E-state index contributed by atoms with van der Waals surface area (Å²) < 4.78 is 11.0. The number of benzene rings is 4. The fourth-order valence-electron chi connectivity index (χ4n) is 4.00. The van der Waals surface area contributed by atoms with Gasteiger partial charge in [-0.15, -0.1) is 15.4 Å². The van der Waals surface area contributed by atoms with Crippen LogP contribution in [-0.2, 0) is 9.57 Å². The lowest BCUT2D eigenvalue weighted by atomic mass is 10.0. The van der Waals surface area contributed by atoms with Crippen molar-refractivity contribution < 1.29 is 19.1 Å². The number of hydrogen-bond donors (Lipinski definition) is 2. The molecule has 0 aliphatic rings. The molecule has 41 heavy (non-hydrogen) atoms. The highest BCUT2D eigenvalue weighted by Gasteiger charge is 2.15. The third-order valence-electron chi connectivity index (χ3n) is 6.17. The number of hydrogen-bond acceptors (Lipinski definition) is 10. The van der Waals surface area contributed by atoms with E-state index in [-0.39, 0.29) is 0 Å². The van der Waals surface area contributed by atoms with E-state index in [1.54, 1.807) is 48.5 Å². The molecule has 0 atom stereocenters. The molecule has 1 aromatic heterocycles. The van der Waals surface area contributed by atoms with E-state index in [1.165, 1.54) is 11.3 Å². The van der Waals surface area contributed by atoms with Crippen molar-refractivity contribution in [3.05, 3.63) is 103 Å². The first kappa shape index (κ1) is 27.8. The molecule has 0 aliphatic carbocycles. The zero-order chi connectivity index (χ0) is 28.6. The number of para-hydroxylation sites is 2. The molecule has 4 N–H and O–H groups in total. The van der Waals surface area contributed by atoms with Gasteiger partial charge in [0.05, 0.1) is 17.9 Å². The lowest BCUT2D eigenvalue weighted by Crippen LogP contribution is -2.34. The average molecular weight is 568 g/mol. The highest BCUT2D eigenvalue weighted by atomic mass is 32.1. The van der Waals surface area contributed by atoms with Crippen LogP contribution in [-0.4, -0.2) is 36.0 Å². The molecule has 0 radical (unpaired) electrons. The number of carbonyl (C=O) groups is 1. The van der Waals surface area contributed by atoms with Crippen molar-refractivity contribution in [3.8, 4) is 38.0 Å². The van der Waals surface area contributed by atoms with Gasteiger partial charge in [-0.2, -0.15) is 0 Å². The second-order valence-corrected chi connectivity index (χ2v) is 9.88. The summed E-state index contributed by atoms with van der Waals surface area (Å²) in [5.74, 6) is 6.08. The van der Waals surface area contributed by atoms with E-state index >= 15 is 0 Å². The molecule has 0 fully saturated rings. The number of hydrazine groups is 1. The van der Waals surface area contributed by atoms with Gasteiger partial charge in [0, 0.05) is 17.7 Å². The Bertz CT molecular complexity index is 1590. The van der Waals surface area contributed by atoms with Gasteiger partial charge in [0.25, 0.3) is 0 Å². The van der Waals surface area contributed by atoms with Crippen molar-refractivity contribution in [2.24, 2.45) is 5.84 Å². The number of nitrogen functional groups attached to an aromatic ring is 1. The number of anilines is 2. The highest BCUT2D eigenvalue weighted by molar-refractivity contribution is 7.17. The molecule has 5 aromatic rings. The van der Waals surface area contributed by atoms with E-state index in [0.29, 0.717) is 36.8 Å². The number of rotatable bonds is 11. The minimum absolute atomic E-state index is 0.337. The van der Waals surface area contributed by atoms with Crippen LogP contribution in [0.4, 0.5) is 11.4 Å². The second-order valence-electron chi connectivity index (χ2n) is 8.90. The molecule has 9 nitrogen and oxygen atoms in total. The monoisotopic (exact) mass is 567 g/mol. The normalized spacial score (nSPS) is 10.8. The van der Waals surface area contributed by atoms with E-state index in [4.69, 9.17) is 25.9 Å². The lowest BCUT2D eigenvalue weighted by Gasteiger charge is -2.18. The van der Waals surface area contributed by atoms with Gasteiger partial charge in [-0.25, -0.2) is 10.6 Å². The van der Waals surface area contributed by atoms with Crippen molar-refractivity contribution in [1.29, 1.82) is 0 Å². The van der Waals surface area contributed by atoms with Crippen LogP contribution in [0.2, 0.25) is 0 Å². The summed E-state index contributed by atoms with van der Waals surface area (Å²) in [5, 5.41) is 11.1. The molecular weight excluding hydrogens is 538 g/mol. The molecule has 10 heteroatoms. The van der Waals surface area contributed by atoms with Crippen molar-refractivity contribution in [1.82, 2.24) is 10.2 Å². The molecule has 0 bridgehead atoms. The van der Waals surface area contributed by atoms with Crippen LogP contribution in [0.1, 0.15) is 17.3 Å². The summed E-state index contributed by atoms with van der Waals surface area (Å²) in [5.41, 5.74) is 11.0. The Morgan fingerprint density at radius 3 is 1.95 bits per heavy atom. The van der Waals surface area contributed by atoms with Crippen LogP contribution in [0, 0.1) is 0 Å². The topological polar surface area (TPSA) is 126 Å². The predicted octanol–water partition coefficient (Wildman–Crippen LogP) is 5.99. The first-order valence-electron chi connectivity index (χ1n) is 13.0. The van der Waals surface area contributed by atoms with Crippen LogP contribution in [0.25, 0.3) is 32.3 Å². The van der Waals surface area contributed by atoms with Gasteiger partial charge in [-0.3, -0.25) is 0 Å². The summed E-state index contributed by atoms with van der Waals surface area (Å²) >= 11 is 1.47. The molecule has 0 unspecified atom stereocenters. The van der Waals surface area contributed by atoms with Crippen molar-refractivity contribution in [2.45, 2.75) is 6.92 Å². The Morgan fingerprint density at radius 2 is 1.34 bits per heavy atom. The molecular formula is C31H29N5O4S. The third-order valence-corrected chi connectivity index (χ3v) is 7.19. The van der Waals surface area contributed by atoms with Crippen molar-refractivity contribution >= 4 is 28.7 Å². The minimum atomic E-state index is -0.607. The number of ether oxygens (including phenoxy) is 2. The summed E-state index contributed by atoms with van der Waals surface area (Å²) in [7, 11) is 0. The predicted molar refractivity (Wildman–Crippen MR) is 161 cm³/mol. The molecule has 0 amide bonds. The Kier molecular flexibility index (Phi) is 8.85. The van der Waals surface area contributed by atoms with Crippen LogP contribution in [0.5, 0.6) is 5.75 Å². The van der Waals surface area contributed by atoms with Crippen LogP contribution in [0.15, 0.2) is 97.1 Å². The molecule has 1 heterocycles. The number of carbonyl (C=O) groups excluding carboxylic acids is 1. The number of aromatic nitrogens is 2. The Morgan fingerprint density at radius 1 is 0.780 bits per heavy atom. The Balaban J connectivity index is 1.20. The van der Waals surface area contributed by atoms with E-state index in [2.05, 4.69) is 22.3 Å². The van der Waals surface area contributed by atoms with E-state index in [9.17, 15) is 4.79 Å². The van der Waals surface area contributed by atoms with Gasteiger partial charge in [-0.1, -0.05) is 72.0 Å². The summed E-state index contributed by atoms with van der Waals surface area (Å²) in [4.78, 5) is 17.8. The van der Waals surface area contributed by atoms with Crippen LogP contribution >= 0.6 is 11.3 Å². The molecule has 0 saturated carbocycles. The van der Waals surface area contributed by atoms with Gasteiger partial charge in [0.1, 0.15) is 28.1 Å². The van der Waals surface area contributed by atoms with E-state index in [0.717, 1.165) is 43.2 Å². The average Bonchev–Trinajstić information content (AvgIpc) is 3.50. The second kappa shape index (κ2) is 13.1. The number of nitrogens with zero attached hydrogens (tertiary/aromatic N) is 3. The molecule has 0 saturated heterocycles. The van der Waals surface area contributed by atoms with Gasteiger partial charge in [-0.05, 0) is 54.4 Å². The van der Waals surface area contributed by atoms with Gasteiger partial charge in [0.15, 0.2) is 0 Å². The third kappa shape index (κ3) is 6.87. The largest absolute Gasteiger partial charge is 0.491 e. The zero-order valence-corrected chi connectivity index (χ0v) is 23.2. The van der Waals surface area contributed by atoms with E-state index < -0.39 is 5.97 Å². The lowest BCUT2D eigenvalue weighted by molar-refractivity contribution is 0.0451. The zero-order valence-electron chi connectivity index (χ0n) is 22.4. The minimum Gasteiger partial charge on any atom is -0.491 e. The van der Waals surface area contributed by atoms with Crippen LogP contribution < -0.4 is 21.5 Å². The molecule has 208 valence electrons. The van der Waals surface area contributed by atoms with Gasteiger partial charge in [0.2, 0.25) is 0 Å². The van der Waals surface area contributed by atoms with Crippen LogP contribution in [0.3, 0.4) is 0 Å². The van der Waals surface area contributed by atoms with Gasteiger partial charge >= 0.3 is 5.97 Å². The number of nitrogens with two attached hydrogens (primary N) is 2. The maximum Gasteiger partial charge on any atom is 0.365 e. The summed E-state index contributed by atoms with van der Waals surface area (Å²) in [6, 6.07) is 29.9. The molecule has 0 aliphatic heterocycles. The quantitative estimate of drug-likeness (QED) is 0.0857. The summed E-state index contributed by atoms with van der Waals surface area (Å²) in [6.07, 6.45) is 0. The first-order valence-corrected chi connectivity index (χ1v) is 13.8. The molecule has 5 rings (SSSR count). The van der Waals surface area contributed by atoms with E-state index in [1.807, 2.05) is 43.3 Å². The van der Waals surface area contributed by atoms with Crippen molar-refractivity contribution in [2.75, 3.05) is 30.7 Å². The summed E-state index contributed by atoms with van der Waals surface area (Å²) in [6.45, 7) is 3.75. The fraction of sp³-hybridized carbons (Fsp3) is 0.129. The Hall–Kier alpha value is -4.77. The fourth-order valence-corrected chi connectivity index (χ4v) is 4.85. The highest BCUT2D eigenvalue weighted by Crippen LogP contribution is 2.32. The molecule has 4 aromatic carbocycles. The smallest absolute Gasteiger partial charge is 0.365 e. The SMILES string of the molecule is CCOCCOc1ccc(-c2ccc(-c3nnc(-c4ccc(C(=O)ON(N)c5ccccc5N)cc4)s3)cc2)cc1. The molecule has 0 spiro atoms.